The first kappa shape index (κ1) is 22.8. The van der Waals surface area contributed by atoms with E-state index in [2.05, 4.69) is 37.4 Å². The first-order valence-electron chi connectivity index (χ1n) is 10.7. The van der Waals surface area contributed by atoms with Crippen LogP contribution in [0.25, 0.3) is 6.08 Å². The molecule has 0 atom stereocenters. The maximum atomic E-state index is 12.6. The van der Waals surface area contributed by atoms with Crippen LogP contribution in [-0.4, -0.2) is 12.5 Å². The van der Waals surface area contributed by atoms with E-state index in [1.807, 2.05) is 62.4 Å². The molecule has 32 heavy (non-hydrogen) atoms. The molecule has 0 saturated carbocycles. The Labute approximate surface area is 190 Å². The fourth-order valence-corrected chi connectivity index (χ4v) is 3.64. The van der Waals surface area contributed by atoms with E-state index in [1.54, 1.807) is 6.08 Å². The average Bonchev–Trinajstić information content (AvgIpc) is 2.74. The van der Waals surface area contributed by atoms with Gasteiger partial charge in [0.1, 0.15) is 17.4 Å². The molecule has 0 aliphatic rings. The minimum absolute atomic E-state index is 0.0371. The molecular formula is C28H28N2O2. The zero-order valence-corrected chi connectivity index (χ0v) is 19.0. The third-order valence-corrected chi connectivity index (χ3v) is 5.05. The molecule has 3 aromatic rings. The second-order valence-corrected chi connectivity index (χ2v) is 7.96. The number of benzene rings is 3. The molecule has 0 aliphatic heterocycles. The van der Waals surface area contributed by atoms with Crippen molar-refractivity contribution in [2.45, 2.75) is 34.1 Å². The van der Waals surface area contributed by atoms with Crippen molar-refractivity contribution in [1.82, 2.24) is 0 Å². The van der Waals surface area contributed by atoms with E-state index in [4.69, 9.17) is 4.74 Å². The third kappa shape index (κ3) is 6.09. The second kappa shape index (κ2) is 10.5. The van der Waals surface area contributed by atoms with Crippen molar-refractivity contribution in [2.75, 3.05) is 11.9 Å². The summed E-state index contributed by atoms with van der Waals surface area (Å²) in [5, 5.41) is 12.3. The highest BCUT2D eigenvalue weighted by Crippen LogP contribution is 2.26. The number of aryl methyl sites for hydroxylation is 3. The molecule has 0 heterocycles. The number of hydrogen-bond acceptors (Lipinski definition) is 3. The molecule has 3 aromatic carbocycles. The Kier molecular flexibility index (Phi) is 7.46. The van der Waals surface area contributed by atoms with Crippen LogP contribution in [0.4, 0.5) is 5.69 Å². The van der Waals surface area contributed by atoms with E-state index >= 15 is 0 Å². The Morgan fingerprint density at radius 2 is 1.66 bits per heavy atom. The molecule has 0 aliphatic carbocycles. The van der Waals surface area contributed by atoms with Crippen molar-refractivity contribution in [3.05, 3.63) is 99.6 Å². The average molecular weight is 425 g/mol. The van der Waals surface area contributed by atoms with Crippen LogP contribution in [0.5, 0.6) is 5.75 Å². The van der Waals surface area contributed by atoms with Gasteiger partial charge in [-0.15, -0.1) is 0 Å². The van der Waals surface area contributed by atoms with Crippen molar-refractivity contribution in [1.29, 1.82) is 5.26 Å². The quantitative estimate of drug-likeness (QED) is 0.366. The van der Waals surface area contributed by atoms with Gasteiger partial charge in [-0.3, -0.25) is 4.79 Å². The van der Waals surface area contributed by atoms with Crippen molar-refractivity contribution in [2.24, 2.45) is 0 Å². The smallest absolute Gasteiger partial charge is 0.266 e. The Hall–Kier alpha value is -3.84. The minimum atomic E-state index is -0.436. The first-order chi connectivity index (χ1) is 15.4. The van der Waals surface area contributed by atoms with E-state index in [9.17, 15) is 10.1 Å². The number of anilines is 1. The Morgan fingerprint density at radius 1 is 0.969 bits per heavy atom. The molecule has 0 radical (unpaired) electrons. The van der Waals surface area contributed by atoms with Gasteiger partial charge in [0, 0.05) is 12.1 Å². The number of rotatable bonds is 7. The Morgan fingerprint density at radius 3 is 2.28 bits per heavy atom. The maximum Gasteiger partial charge on any atom is 0.266 e. The van der Waals surface area contributed by atoms with Gasteiger partial charge in [0.2, 0.25) is 0 Å². The lowest BCUT2D eigenvalue weighted by atomic mass is 9.98. The Balaban J connectivity index is 1.85. The highest BCUT2D eigenvalue weighted by Gasteiger charge is 2.12. The lowest BCUT2D eigenvalue weighted by Gasteiger charge is -2.13. The number of ether oxygens (including phenoxy) is 1. The van der Waals surface area contributed by atoms with Crippen molar-refractivity contribution >= 4 is 17.7 Å². The molecule has 162 valence electrons. The van der Waals surface area contributed by atoms with Crippen molar-refractivity contribution in [3.8, 4) is 11.8 Å². The normalized spacial score (nSPS) is 11.0. The molecule has 1 N–H and O–H groups in total. The highest BCUT2D eigenvalue weighted by atomic mass is 16.5. The van der Waals surface area contributed by atoms with Crippen LogP contribution >= 0.6 is 0 Å². The van der Waals surface area contributed by atoms with Crippen LogP contribution in [-0.2, 0) is 11.2 Å². The molecule has 0 aromatic heterocycles. The first-order valence-corrected chi connectivity index (χ1v) is 10.7. The zero-order valence-electron chi connectivity index (χ0n) is 19.0. The van der Waals surface area contributed by atoms with E-state index in [-0.39, 0.29) is 5.57 Å². The summed E-state index contributed by atoms with van der Waals surface area (Å²) in [5.74, 6) is 0.324. The SMILES string of the molecule is CCOc1cc(/C=C(\C#N)C(=O)Nc2ccc(C)cc2)ccc1Cc1cc(C)cc(C)c1. The summed E-state index contributed by atoms with van der Waals surface area (Å²) < 4.78 is 5.88. The lowest BCUT2D eigenvalue weighted by Crippen LogP contribution is -2.13. The molecule has 1 amide bonds. The van der Waals surface area contributed by atoms with Gasteiger partial charge >= 0.3 is 0 Å². The molecule has 0 bridgehead atoms. The van der Waals surface area contributed by atoms with Gasteiger partial charge in [-0.05, 0) is 68.7 Å². The number of nitrogens with zero attached hydrogens (tertiary/aromatic N) is 1. The monoisotopic (exact) mass is 424 g/mol. The summed E-state index contributed by atoms with van der Waals surface area (Å²) in [6, 6.07) is 21.8. The van der Waals surface area contributed by atoms with Gasteiger partial charge in [-0.25, -0.2) is 0 Å². The minimum Gasteiger partial charge on any atom is -0.494 e. The number of hydrogen-bond donors (Lipinski definition) is 1. The number of amides is 1. The molecule has 0 spiro atoms. The number of nitrogens with one attached hydrogen (secondary N) is 1. The number of nitriles is 1. The summed E-state index contributed by atoms with van der Waals surface area (Å²) in [7, 11) is 0. The zero-order chi connectivity index (χ0) is 23.1. The van der Waals surface area contributed by atoms with Crippen LogP contribution in [0.2, 0.25) is 0 Å². The van der Waals surface area contributed by atoms with Crippen molar-refractivity contribution in [3.63, 3.8) is 0 Å². The van der Waals surface area contributed by atoms with E-state index in [0.717, 1.165) is 28.9 Å². The third-order valence-electron chi connectivity index (χ3n) is 5.05. The number of carbonyl (C=O) groups excluding carboxylic acids is 1. The van der Waals surface area contributed by atoms with E-state index in [0.29, 0.717) is 12.3 Å². The van der Waals surface area contributed by atoms with Gasteiger partial charge < -0.3 is 10.1 Å². The maximum absolute atomic E-state index is 12.6. The molecule has 4 heteroatoms. The molecule has 4 nitrogen and oxygen atoms in total. The fourth-order valence-electron chi connectivity index (χ4n) is 3.64. The fraction of sp³-hybridized carbons (Fsp3) is 0.214. The Bertz CT molecular complexity index is 1160. The van der Waals surface area contributed by atoms with Crippen LogP contribution in [0.15, 0.2) is 66.2 Å². The highest BCUT2D eigenvalue weighted by molar-refractivity contribution is 6.09. The standard InChI is InChI=1S/C28H28N2O2/c1-5-32-27-17-22(8-9-24(27)16-23-13-20(3)12-21(4)14-23)15-25(18-29)28(31)30-26-10-6-19(2)7-11-26/h6-15,17H,5,16H2,1-4H3,(H,30,31)/b25-15+. The summed E-state index contributed by atoms with van der Waals surface area (Å²) in [5.41, 5.74) is 7.29. The summed E-state index contributed by atoms with van der Waals surface area (Å²) in [6.07, 6.45) is 2.34. The van der Waals surface area contributed by atoms with Crippen molar-refractivity contribution < 1.29 is 9.53 Å². The van der Waals surface area contributed by atoms with Crippen LogP contribution in [0.3, 0.4) is 0 Å². The lowest BCUT2D eigenvalue weighted by molar-refractivity contribution is -0.112. The van der Waals surface area contributed by atoms with Gasteiger partial charge in [0.05, 0.1) is 6.61 Å². The predicted octanol–water partition coefficient (Wildman–Crippen LogP) is 6.15. The molecular weight excluding hydrogens is 396 g/mol. The molecule has 3 rings (SSSR count). The molecule has 0 unspecified atom stereocenters. The van der Waals surface area contributed by atoms with Crippen LogP contribution in [0.1, 0.15) is 40.3 Å². The van der Waals surface area contributed by atoms with E-state index < -0.39 is 5.91 Å². The number of carbonyl (C=O) groups is 1. The van der Waals surface area contributed by atoms with E-state index in [1.165, 1.54) is 16.7 Å². The van der Waals surface area contributed by atoms with Gasteiger partial charge in [-0.2, -0.15) is 5.26 Å². The largest absolute Gasteiger partial charge is 0.494 e. The summed E-state index contributed by atoms with van der Waals surface area (Å²) >= 11 is 0. The van der Waals surface area contributed by atoms with Gasteiger partial charge in [0.15, 0.2) is 0 Å². The topological polar surface area (TPSA) is 62.1 Å². The van der Waals surface area contributed by atoms with Crippen LogP contribution < -0.4 is 10.1 Å². The molecule has 0 fully saturated rings. The summed E-state index contributed by atoms with van der Waals surface area (Å²) in [6.45, 7) is 8.65. The predicted molar refractivity (Wildman–Crippen MR) is 130 cm³/mol. The van der Waals surface area contributed by atoms with Crippen LogP contribution in [0, 0.1) is 32.1 Å². The summed E-state index contributed by atoms with van der Waals surface area (Å²) in [4.78, 5) is 12.6. The second-order valence-electron chi connectivity index (χ2n) is 7.96. The molecule has 0 saturated heterocycles. The van der Waals surface area contributed by atoms with Gasteiger partial charge in [0.25, 0.3) is 5.91 Å². The van der Waals surface area contributed by atoms with Gasteiger partial charge in [-0.1, -0.05) is 59.2 Å².